The number of amides is 1. The van der Waals surface area contributed by atoms with Gasteiger partial charge in [0.1, 0.15) is 5.82 Å². The Morgan fingerprint density at radius 3 is 2.68 bits per heavy atom. The molecule has 1 aromatic heterocycles. The van der Waals surface area contributed by atoms with Crippen LogP contribution >= 0.6 is 0 Å². The minimum Gasteiger partial charge on any atom is -0.481 e. The van der Waals surface area contributed by atoms with Gasteiger partial charge in [0, 0.05) is 32.9 Å². The van der Waals surface area contributed by atoms with E-state index in [1.807, 2.05) is 0 Å². The lowest BCUT2D eigenvalue weighted by molar-refractivity contribution is -0.141. The fraction of sp³-hybridized carbons (Fsp3) is 0.562. The van der Waals surface area contributed by atoms with E-state index in [1.165, 1.54) is 11.3 Å². The minimum absolute atomic E-state index is 0.179. The number of aliphatic carboxylic acids is 1. The zero-order chi connectivity index (χ0) is 16.1. The number of nitrogens with zero attached hydrogens (tertiary/aromatic N) is 3. The van der Waals surface area contributed by atoms with Crippen LogP contribution in [0.15, 0.2) is 18.3 Å². The van der Waals surface area contributed by atoms with Crippen molar-refractivity contribution in [3.05, 3.63) is 23.9 Å². The summed E-state index contributed by atoms with van der Waals surface area (Å²) in [5.74, 6) is -0.963. The van der Waals surface area contributed by atoms with Gasteiger partial charge in [0.2, 0.25) is 0 Å². The van der Waals surface area contributed by atoms with Gasteiger partial charge in [0.25, 0.3) is 5.91 Å². The Bertz CT molecular complexity index is 541. The number of carboxylic acids is 1. The highest BCUT2D eigenvalue weighted by Gasteiger charge is 2.23. The Labute approximate surface area is 130 Å². The Morgan fingerprint density at radius 2 is 2.05 bits per heavy atom. The Balaban J connectivity index is 2.17. The standard InChI is InChI=1S/C16H23N3O3/c1-12(16(21)22)11-18(2)15(20)13-7-6-8-17-14(13)19-9-4-3-5-10-19/h6-8,12H,3-5,9-11H2,1-2H3,(H,21,22). The maximum Gasteiger partial charge on any atom is 0.308 e. The second-order valence-electron chi connectivity index (χ2n) is 5.85. The molecule has 0 radical (unpaired) electrons. The lowest BCUT2D eigenvalue weighted by Gasteiger charge is -2.30. The summed E-state index contributed by atoms with van der Waals surface area (Å²) in [5, 5.41) is 8.98. The van der Waals surface area contributed by atoms with E-state index >= 15 is 0 Å². The number of hydrogen-bond acceptors (Lipinski definition) is 4. The third-order valence-corrected chi connectivity index (χ3v) is 3.99. The first-order valence-electron chi connectivity index (χ1n) is 7.69. The van der Waals surface area contributed by atoms with Crippen LogP contribution in [0, 0.1) is 5.92 Å². The molecule has 22 heavy (non-hydrogen) atoms. The van der Waals surface area contributed by atoms with E-state index < -0.39 is 11.9 Å². The zero-order valence-corrected chi connectivity index (χ0v) is 13.2. The number of carbonyl (C=O) groups is 2. The van der Waals surface area contributed by atoms with Crippen LogP contribution in [0.1, 0.15) is 36.5 Å². The molecule has 1 aliphatic heterocycles. The number of carbonyl (C=O) groups excluding carboxylic acids is 1. The van der Waals surface area contributed by atoms with Crippen LogP contribution in [0.4, 0.5) is 5.82 Å². The van der Waals surface area contributed by atoms with Crippen LogP contribution in [-0.4, -0.2) is 53.5 Å². The molecule has 1 aromatic rings. The quantitative estimate of drug-likeness (QED) is 0.899. The van der Waals surface area contributed by atoms with E-state index in [4.69, 9.17) is 5.11 Å². The van der Waals surface area contributed by atoms with Crippen molar-refractivity contribution in [1.82, 2.24) is 9.88 Å². The minimum atomic E-state index is -0.901. The molecule has 1 N–H and O–H groups in total. The number of carboxylic acid groups (broad SMARTS) is 1. The van der Waals surface area contributed by atoms with Crippen LogP contribution < -0.4 is 4.90 Å². The number of hydrogen-bond donors (Lipinski definition) is 1. The van der Waals surface area contributed by atoms with Gasteiger partial charge in [-0.25, -0.2) is 4.98 Å². The molecule has 1 amide bonds. The molecule has 1 saturated heterocycles. The molecular weight excluding hydrogens is 282 g/mol. The summed E-state index contributed by atoms with van der Waals surface area (Å²) in [6.07, 6.45) is 5.12. The summed E-state index contributed by atoms with van der Waals surface area (Å²) in [7, 11) is 1.63. The van der Waals surface area contributed by atoms with E-state index in [2.05, 4.69) is 9.88 Å². The summed E-state index contributed by atoms with van der Waals surface area (Å²) in [6, 6.07) is 3.51. The van der Waals surface area contributed by atoms with Crippen molar-refractivity contribution in [3.8, 4) is 0 Å². The van der Waals surface area contributed by atoms with E-state index in [9.17, 15) is 9.59 Å². The fourth-order valence-corrected chi connectivity index (χ4v) is 2.70. The lowest BCUT2D eigenvalue weighted by Crippen LogP contribution is -2.36. The average Bonchev–Trinajstić information content (AvgIpc) is 2.54. The Morgan fingerprint density at radius 1 is 1.36 bits per heavy atom. The molecular formula is C16H23N3O3. The van der Waals surface area contributed by atoms with Gasteiger partial charge in [0.15, 0.2) is 0 Å². The maximum atomic E-state index is 12.6. The van der Waals surface area contributed by atoms with Crippen LogP contribution in [0.5, 0.6) is 0 Å². The van der Waals surface area contributed by atoms with Gasteiger partial charge in [-0.05, 0) is 31.4 Å². The first kappa shape index (κ1) is 16.3. The van der Waals surface area contributed by atoms with Crippen LogP contribution in [0.3, 0.4) is 0 Å². The van der Waals surface area contributed by atoms with Crippen molar-refractivity contribution in [1.29, 1.82) is 0 Å². The second-order valence-corrected chi connectivity index (χ2v) is 5.85. The number of pyridine rings is 1. The van der Waals surface area contributed by atoms with Crippen molar-refractivity contribution in [2.45, 2.75) is 26.2 Å². The third kappa shape index (κ3) is 3.75. The number of anilines is 1. The predicted octanol–water partition coefficient (Wildman–Crippen LogP) is 1.86. The number of piperidine rings is 1. The second kappa shape index (κ2) is 7.24. The van der Waals surface area contributed by atoms with Gasteiger partial charge in [-0.2, -0.15) is 0 Å². The SMILES string of the molecule is CC(CN(C)C(=O)c1cccnc1N1CCCCC1)C(=O)O. The van der Waals surface area contributed by atoms with Crippen molar-refractivity contribution in [2.24, 2.45) is 5.92 Å². The molecule has 1 unspecified atom stereocenters. The van der Waals surface area contributed by atoms with Gasteiger partial charge in [-0.3, -0.25) is 9.59 Å². The molecule has 2 rings (SSSR count). The van der Waals surface area contributed by atoms with Crippen LogP contribution in [0.25, 0.3) is 0 Å². The molecule has 1 atom stereocenters. The summed E-state index contributed by atoms with van der Waals surface area (Å²) < 4.78 is 0. The van der Waals surface area contributed by atoms with Gasteiger partial charge < -0.3 is 14.9 Å². The molecule has 0 aromatic carbocycles. The summed E-state index contributed by atoms with van der Waals surface area (Å²) in [6.45, 7) is 3.60. The van der Waals surface area contributed by atoms with Crippen LogP contribution in [0.2, 0.25) is 0 Å². The fourth-order valence-electron chi connectivity index (χ4n) is 2.70. The molecule has 6 heteroatoms. The maximum absolute atomic E-state index is 12.6. The third-order valence-electron chi connectivity index (χ3n) is 3.99. The first-order valence-corrected chi connectivity index (χ1v) is 7.69. The predicted molar refractivity (Wildman–Crippen MR) is 84.1 cm³/mol. The highest BCUT2D eigenvalue weighted by molar-refractivity contribution is 5.99. The first-order chi connectivity index (χ1) is 10.5. The monoisotopic (exact) mass is 305 g/mol. The van der Waals surface area contributed by atoms with Gasteiger partial charge >= 0.3 is 5.97 Å². The molecule has 1 aliphatic rings. The van der Waals surface area contributed by atoms with Crippen LogP contribution in [-0.2, 0) is 4.79 Å². The van der Waals surface area contributed by atoms with Crippen molar-refractivity contribution >= 4 is 17.7 Å². The van der Waals surface area contributed by atoms with Crippen molar-refractivity contribution in [3.63, 3.8) is 0 Å². The summed E-state index contributed by atoms with van der Waals surface area (Å²) >= 11 is 0. The van der Waals surface area contributed by atoms with Gasteiger partial charge in [-0.1, -0.05) is 6.92 Å². The number of aromatic nitrogens is 1. The number of rotatable bonds is 5. The Hall–Kier alpha value is -2.11. The molecule has 0 bridgehead atoms. The van der Waals surface area contributed by atoms with E-state index in [-0.39, 0.29) is 12.5 Å². The van der Waals surface area contributed by atoms with Crippen molar-refractivity contribution < 1.29 is 14.7 Å². The smallest absolute Gasteiger partial charge is 0.308 e. The molecule has 120 valence electrons. The van der Waals surface area contributed by atoms with Gasteiger partial charge in [0.05, 0.1) is 11.5 Å². The van der Waals surface area contributed by atoms with Gasteiger partial charge in [-0.15, -0.1) is 0 Å². The molecule has 2 heterocycles. The summed E-state index contributed by atoms with van der Waals surface area (Å²) in [4.78, 5) is 31.6. The molecule has 6 nitrogen and oxygen atoms in total. The zero-order valence-electron chi connectivity index (χ0n) is 13.2. The van der Waals surface area contributed by atoms with E-state index in [1.54, 1.807) is 32.3 Å². The molecule has 1 fully saturated rings. The van der Waals surface area contributed by atoms with Crippen molar-refractivity contribution in [2.75, 3.05) is 31.6 Å². The summed E-state index contributed by atoms with van der Waals surface area (Å²) in [5.41, 5.74) is 0.546. The topological polar surface area (TPSA) is 73.7 Å². The lowest BCUT2D eigenvalue weighted by atomic mass is 10.1. The largest absolute Gasteiger partial charge is 0.481 e. The van der Waals surface area contributed by atoms with E-state index in [0.29, 0.717) is 11.4 Å². The average molecular weight is 305 g/mol. The highest BCUT2D eigenvalue weighted by Crippen LogP contribution is 2.22. The molecule has 0 aliphatic carbocycles. The Kier molecular flexibility index (Phi) is 5.35. The van der Waals surface area contributed by atoms with E-state index in [0.717, 1.165) is 25.9 Å². The molecule has 0 saturated carbocycles. The highest BCUT2D eigenvalue weighted by atomic mass is 16.4. The normalized spacial score (nSPS) is 16.2. The molecule has 0 spiro atoms.